The van der Waals surface area contributed by atoms with Crippen molar-refractivity contribution in [3.8, 4) is 0 Å². The number of carbonyl (C=O) groups excluding carboxylic acids is 3. The van der Waals surface area contributed by atoms with Gasteiger partial charge in [-0.15, -0.1) is 0 Å². The van der Waals surface area contributed by atoms with Gasteiger partial charge in [-0.05, 0) is 30.4 Å². The maximum atomic E-state index is 13.4. The van der Waals surface area contributed by atoms with Gasteiger partial charge in [-0.25, -0.2) is 0 Å². The van der Waals surface area contributed by atoms with Crippen molar-refractivity contribution in [3.05, 3.63) is 34.9 Å². The minimum Gasteiger partial charge on any atom is -0.379 e. The number of fused-ring (bicyclic) bond motifs is 1. The second-order valence-corrected chi connectivity index (χ2v) is 8.51. The first kappa shape index (κ1) is 28.2. The van der Waals surface area contributed by atoms with Gasteiger partial charge in [-0.2, -0.15) is 0 Å². The van der Waals surface area contributed by atoms with Gasteiger partial charge in [-0.3, -0.25) is 19.7 Å². The number of nitrogens with zero attached hydrogens (tertiary/aromatic N) is 1. The van der Waals surface area contributed by atoms with Crippen LogP contribution >= 0.6 is 0 Å². The Bertz CT molecular complexity index is 866. The van der Waals surface area contributed by atoms with Gasteiger partial charge in [-0.1, -0.05) is 18.2 Å². The van der Waals surface area contributed by atoms with Gasteiger partial charge >= 0.3 is 0 Å². The minimum absolute atomic E-state index is 0.00937. The molecule has 0 radical (unpaired) electrons. The van der Waals surface area contributed by atoms with E-state index in [-0.39, 0.29) is 31.6 Å². The molecule has 11 nitrogen and oxygen atoms in total. The van der Waals surface area contributed by atoms with Crippen LogP contribution in [0.4, 0.5) is 0 Å². The summed E-state index contributed by atoms with van der Waals surface area (Å²) >= 11 is 0. The first-order chi connectivity index (χ1) is 17.6. The van der Waals surface area contributed by atoms with E-state index in [9.17, 15) is 14.4 Å². The topological polar surface area (TPSA) is 139 Å². The summed E-state index contributed by atoms with van der Waals surface area (Å²) in [6.45, 7) is 4.86. The van der Waals surface area contributed by atoms with Crippen molar-refractivity contribution < 1.29 is 38.1 Å². The second kappa shape index (κ2) is 15.6. The average Bonchev–Trinajstić information content (AvgIpc) is 3.03. The summed E-state index contributed by atoms with van der Waals surface area (Å²) in [7, 11) is 0. The maximum Gasteiger partial charge on any atom is 0.257 e. The summed E-state index contributed by atoms with van der Waals surface area (Å²) in [5, 5.41) is 2.32. The molecule has 3 rings (SSSR count). The highest BCUT2D eigenvalue weighted by Crippen LogP contribution is 2.25. The van der Waals surface area contributed by atoms with Crippen LogP contribution in [0.15, 0.2) is 18.2 Å². The number of piperidine rings is 1. The zero-order chi connectivity index (χ0) is 25.6. The fourth-order valence-corrected chi connectivity index (χ4v) is 4.13. The number of benzene rings is 1. The molecule has 2 aliphatic heterocycles. The second-order valence-electron chi connectivity index (χ2n) is 8.51. The van der Waals surface area contributed by atoms with Crippen LogP contribution in [0.5, 0.6) is 0 Å². The van der Waals surface area contributed by atoms with Crippen molar-refractivity contribution in [2.24, 2.45) is 5.73 Å². The van der Waals surface area contributed by atoms with Crippen molar-refractivity contribution in [2.75, 3.05) is 66.1 Å². The van der Waals surface area contributed by atoms with Crippen LogP contribution in [-0.2, 0) is 46.3 Å². The fourth-order valence-electron chi connectivity index (χ4n) is 4.13. The summed E-state index contributed by atoms with van der Waals surface area (Å²) in [4.78, 5) is 38.7. The molecule has 0 spiro atoms. The van der Waals surface area contributed by atoms with Crippen molar-refractivity contribution in [2.45, 2.75) is 38.3 Å². The molecule has 200 valence electrons. The van der Waals surface area contributed by atoms with Crippen molar-refractivity contribution in [1.82, 2.24) is 10.2 Å². The first-order valence-electron chi connectivity index (χ1n) is 12.5. The van der Waals surface area contributed by atoms with E-state index >= 15 is 0 Å². The smallest absolute Gasteiger partial charge is 0.257 e. The Balaban J connectivity index is 1.38. The third-order valence-corrected chi connectivity index (χ3v) is 5.90. The zero-order valence-electron chi connectivity index (χ0n) is 20.7. The van der Waals surface area contributed by atoms with Crippen LogP contribution in [0.2, 0.25) is 0 Å². The predicted molar refractivity (Wildman–Crippen MR) is 129 cm³/mol. The van der Waals surface area contributed by atoms with Gasteiger partial charge in [0.25, 0.3) is 5.91 Å². The first-order valence-corrected chi connectivity index (χ1v) is 12.5. The molecule has 2 aliphatic rings. The Hall–Kier alpha value is -2.41. The Morgan fingerprint density at radius 2 is 1.61 bits per heavy atom. The SMILES string of the molecule is NCCOCCOCCOCCOCCCc1cccc2c1C(=O)N(C1CCC(=O)NC1=O)COC2. The van der Waals surface area contributed by atoms with Crippen LogP contribution in [0.3, 0.4) is 0 Å². The van der Waals surface area contributed by atoms with Crippen LogP contribution in [0.1, 0.15) is 40.7 Å². The normalized spacial score (nSPS) is 18.2. The highest BCUT2D eigenvalue weighted by Gasteiger charge is 2.37. The number of rotatable bonds is 16. The monoisotopic (exact) mass is 507 g/mol. The van der Waals surface area contributed by atoms with Gasteiger partial charge in [0, 0.05) is 25.1 Å². The molecule has 36 heavy (non-hydrogen) atoms. The van der Waals surface area contributed by atoms with E-state index in [0.29, 0.717) is 77.8 Å². The van der Waals surface area contributed by atoms with E-state index in [1.54, 1.807) is 0 Å². The lowest BCUT2D eigenvalue weighted by Gasteiger charge is -2.31. The van der Waals surface area contributed by atoms with E-state index in [1.165, 1.54) is 4.90 Å². The molecule has 11 heteroatoms. The standard InChI is InChI=1S/C25H37N3O8/c26-8-10-33-12-14-35-16-15-34-13-11-32-9-2-5-19-3-1-4-20-17-36-18-28(25(31)23(19)20)21-6-7-22(29)27-24(21)30/h1,3-4,21H,2,5-18,26H2,(H,27,29,30). The maximum absolute atomic E-state index is 13.4. The van der Waals surface area contributed by atoms with Crippen molar-refractivity contribution >= 4 is 17.7 Å². The van der Waals surface area contributed by atoms with Gasteiger partial charge < -0.3 is 34.3 Å². The van der Waals surface area contributed by atoms with E-state index in [4.69, 9.17) is 29.4 Å². The summed E-state index contributed by atoms with van der Waals surface area (Å²) in [6, 6.07) is 4.99. The Morgan fingerprint density at radius 1 is 0.944 bits per heavy atom. The lowest BCUT2D eigenvalue weighted by atomic mass is 9.96. The molecule has 1 atom stereocenters. The molecular formula is C25H37N3O8. The molecule has 1 aromatic carbocycles. The largest absolute Gasteiger partial charge is 0.379 e. The van der Waals surface area contributed by atoms with E-state index in [0.717, 1.165) is 17.5 Å². The quantitative estimate of drug-likeness (QED) is 0.240. The van der Waals surface area contributed by atoms with Crippen LogP contribution in [0.25, 0.3) is 0 Å². The van der Waals surface area contributed by atoms with Crippen LogP contribution in [-0.4, -0.2) is 94.8 Å². The van der Waals surface area contributed by atoms with E-state index < -0.39 is 11.9 Å². The Morgan fingerprint density at radius 3 is 2.28 bits per heavy atom. The third kappa shape index (κ3) is 8.61. The van der Waals surface area contributed by atoms with E-state index in [1.807, 2.05) is 18.2 Å². The number of hydrogen-bond donors (Lipinski definition) is 2. The summed E-state index contributed by atoms with van der Waals surface area (Å²) in [5.41, 5.74) is 7.61. The highest BCUT2D eigenvalue weighted by atomic mass is 16.6. The number of aryl methyl sites for hydroxylation is 1. The fraction of sp³-hybridized carbons (Fsp3) is 0.640. The van der Waals surface area contributed by atoms with Crippen molar-refractivity contribution in [1.29, 1.82) is 0 Å². The van der Waals surface area contributed by atoms with Gasteiger partial charge in [0.05, 0.1) is 52.9 Å². The third-order valence-electron chi connectivity index (χ3n) is 5.90. The predicted octanol–water partition coefficient (Wildman–Crippen LogP) is 0.379. The number of amides is 3. The van der Waals surface area contributed by atoms with Gasteiger partial charge in [0.2, 0.25) is 11.8 Å². The number of nitrogens with one attached hydrogen (secondary N) is 1. The Kier molecular flexibility index (Phi) is 12.2. The molecule has 3 amide bonds. The molecule has 1 aromatic rings. The number of hydrogen-bond acceptors (Lipinski definition) is 9. The van der Waals surface area contributed by atoms with Gasteiger partial charge in [0.1, 0.15) is 12.8 Å². The lowest BCUT2D eigenvalue weighted by molar-refractivity contribution is -0.138. The molecule has 3 N–H and O–H groups in total. The summed E-state index contributed by atoms with van der Waals surface area (Å²) in [6.07, 6.45) is 1.88. The molecule has 0 saturated carbocycles. The number of imide groups is 1. The van der Waals surface area contributed by atoms with Crippen LogP contribution < -0.4 is 11.1 Å². The van der Waals surface area contributed by atoms with Crippen LogP contribution in [0, 0.1) is 0 Å². The molecule has 1 saturated heterocycles. The highest BCUT2D eigenvalue weighted by molar-refractivity contribution is 6.04. The lowest BCUT2D eigenvalue weighted by Crippen LogP contribution is -2.54. The molecule has 0 aliphatic carbocycles. The van der Waals surface area contributed by atoms with Crippen molar-refractivity contribution in [3.63, 3.8) is 0 Å². The summed E-state index contributed by atoms with van der Waals surface area (Å²) in [5.74, 6) is -1.01. The molecular weight excluding hydrogens is 470 g/mol. The van der Waals surface area contributed by atoms with Gasteiger partial charge in [0.15, 0.2) is 0 Å². The molecule has 1 fully saturated rings. The Labute approximate surface area is 211 Å². The molecule has 1 unspecified atom stereocenters. The number of ether oxygens (including phenoxy) is 5. The molecule has 2 heterocycles. The number of carbonyl (C=O) groups is 3. The minimum atomic E-state index is -0.715. The molecule has 0 bridgehead atoms. The zero-order valence-corrected chi connectivity index (χ0v) is 20.7. The number of nitrogens with two attached hydrogens (primary N) is 1. The van der Waals surface area contributed by atoms with E-state index in [2.05, 4.69) is 5.32 Å². The molecule has 0 aromatic heterocycles. The average molecular weight is 508 g/mol. The summed E-state index contributed by atoms with van der Waals surface area (Å²) < 4.78 is 27.4.